The molecule has 1 amide bonds. The van der Waals surface area contributed by atoms with E-state index >= 15 is 0 Å². The SMILES string of the molecule is Cc1nn(-c2cccc(C(F)(F)F)c2)c(C)c1CC(=O)NC1CCCCC1C. The van der Waals surface area contributed by atoms with Crippen LogP contribution in [0.1, 0.15) is 55.1 Å². The third-order valence-corrected chi connectivity index (χ3v) is 5.65. The molecule has 7 heteroatoms. The highest BCUT2D eigenvalue weighted by Gasteiger charge is 2.31. The number of alkyl halides is 3. The molecule has 1 aromatic heterocycles. The topological polar surface area (TPSA) is 46.9 Å². The van der Waals surface area contributed by atoms with Crippen molar-refractivity contribution in [1.82, 2.24) is 15.1 Å². The second kappa shape index (κ2) is 7.97. The van der Waals surface area contributed by atoms with Gasteiger partial charge in [-0.05, 0) is 50.8 Å². The summed E-state index contributed by atoms with van der Waals surface area (Å²) in [6, 6.07) is 5.26. The lowest BCUT2D eigenvalue weighted by Crippen LogP contribution is -2.41. The molecular formula is C21H26F3N3O. The molecule has 0 aliphatic heterocycles. The molecule has 28 heavy (non-hydrogen) atoms. The summed E-state index contributed by atoms with van der Waals surface area (Å²) in [5.41, 5.74) is 1.72. The van der Waals surface area contributed by atoms with Crippen LogP contribution in [-0.2, 0) is 17.4 Å². The summed E-state index contributed by atoms with van der Waals surface area (Å²) in [6.45, 7) is 5.72. The molecule has 0 radical (unpaired) electrons. The lowest BCUT2D eigenvalue weighted by Gasteiger charge is -2.29. The van der Waals surface area contributed by atoms with Crippen LogP contribution < -0.4 is 5.32 Å². The number of carbonyl (C=O) groups excluding carboxylic acids is 1. The average molecular weight is 393 g/mol. The number of carbonyl (C=O) groups is 1. The van der Waals surface area contributed by atoms with Gasteiger partial charge in [0, 0.05) is 17.3 Å². The molecule has 0 bridgehead atoms. The van der Waals surface area contributed by atoms with Crippen LogP contribution in [0.15, 0.2) is 24.3 Å². The van der Waals surface area contributed by atoms with Gasteiger partial charge in [0.25, 0.3) is 0 Å². The normalized spacial score (nSPS) is 20.2. The van der Waals surface area contributed by atoms with Crippen LogP contribution in [0, 0.1) is 19.8 Å². The fourth-order valence-electron chi connectivity index (χ4n) is 3.95. The van der Waals surface area contributed by atoms with Crippen molar-refractivity contribution in [1.29, 1.82) is 0 Å². The Morgan fingerprint density at radius 2 is 1.96 bits per heavy atom. The van der Waals surface area contributed by atoms with Crippen LogP contribution in [0.2, 0.25) is 0 Å². The molecule has 2 aromatic rings. The summed E-state index contributed by atoms with van der Waals surface area (Å²) in [6.07, 6.45) is 0.215. The van der Waals surface area contributed by atoms with E-state index in [4.69, 9.17) is 0 Å². The van der Waals surface area contributed by atoms with E-state index in [1.54, 1.807) is 19.9 Å². The van der Waals surface area contributed by atoms with Gasteiger partial charge < -0.3 is 5.32 Å². The molecule has 1 aliphatic rings. The van der Waals surface area contributed by atoms with E-state index < -0.39 is 11.7 Å². The molecule has 2 atom stereocenters. The predicted molar refractivity (Wildman–Crippen MR) is 101 cm³/mol. The average Bonchev–Trinajstić information content (AvgIpc) is 2.91. The van der Waals surface area contributed by atoms with Gasteiger partial charge in [0.2, 0.25) is 5.91 Å². The van der Waals surface area contributed by atoms with Crippen molar-refractivity contribution in [3.8, 4) is 5.69 Å². The van der Waals surface area contributed by atoms with Gasteiger partial charge in [0.15, 0.2) is 0 Å². The van der Waals surface area contributed by atoms with Crippen LogP contribution in [0.4, 0.5) is 13.2 Å². The van der Waals surface area contributed by atoms with Crippen molar-refractivity contribution in [3.05, 3.63) is 46.8 Å². The molecule has 3 rings (SSSR count). The predicted octanol–water partition coefficient (Wildman–Crippen LogP) is 4.75. The number of nitrogens with zero attached hydrogens (tertiary/aromatic N) is 2. The summed E-state index contributed by atoms with van der Waals surface area (Å²) in [7, 11) is 0. The Morgan fingerprint density at radius 1 is 1.25 bits per heavy atom. The zero-order chi connectivity index (χ0) is 20.5. The Bertz CT molecular complexity index is 857. The number of amides is 1. The van der Waals surface area contributed by atoms with Crippen LogP contribution in [0.3, 0.4) is 0 Å². The summed E-state index contributed by atoms with van der Waals surface area (Å²) in [4.78, 5) is 12.6. The van der Waals surface area contributed by atoms with Crippen LogP contribution in [0.5, 0.6) is 0 Å². The van der Waals surface area contributed by atoms with Gasteiger partial charge in [-0.1, -0.05) is 25.8 Å². The van der Waals surface area contributed by atoms with E-state index in [1.807, 2.05) is 0 Å². The quantitative estimate of drug-likeness (QED) is 0.815. The van der Waals surface area contributed by atoms with E-state index in [1.165, 1.54) is 17.2 Å². The summed E-state index contributed by atoms with van der Waals surface area (Å²) < 4.78 is 40.5. The van der Waals surface area contributed by atoms with E-state index in [2.05, 4.69) is 17.3 Å². The molecule has 1 fully saturated rings. The summed E-state index contributed by atoms with van der Waals surface area (Å²) in [5, 5.41) is 7.51. The molecule has 152 valence electrons. The van der Waals surface area contributed by atoms with Crippen LogP contribution in [-0.4, -0.2) is 21.7 Å². The fraction of sp³-hybridized carbons (Fsp3) is 0.524. The molecular weight excluding hydrogens is 367 g/mol. The number of hydrogen-bond acceptors (Lipinski definition) is 2. The van der Waals surface area contributed by atoms with E-state index in [0.717, 1.165) is 37.0 Å². The minimum Gasteiger partial charge on any atom is -0.353 e. The molecule has 0 spiro atoms. The van der Waals surface area contributed by atoms with Gasteiger partial charge in [-0.2, -0.15) is 18.3 Å². The van der Waals surface area contributed by atoms with Gasteiger partial charge in [-0.25, -0.2) is 4.68 Å². The molecule has 0 saturated heterocycles. The third kappa shape index (κ3) is 4.39. The number of benzene rings is 1. The van der Waals surface area contributed by atoms with Crippen molar-refractivity contribution >= 4 is 5.91 Å². The molecule has 2 unspecified atom stereocenters. The highest BCUT2D eigenvalue weighted by Crippen LogP contribution is 2.31. The maximum absolute atomic E-state index is 13.0. The van der Waals surface area contributed by atoms with Gasteiger partial charge in [-0.15, -0.1) is 0 Å². The van der Waals surface area contributed by atoms with Crippen molar-refractivity contribution in [2.75, 3.05) is 0 Å². The van der Waals surface area contributed by atoms with Crippen molar-refractivity contribution < 1.29 is 18.0 Å². The van der Waals surface area contributed by atoms with Crippen molar-refractivity contribution in [2.45, 2.75) is 65.1 Å². The first-order valence-electron chi connectivity index (χ1n) is 9.69. The van der Waals surface area contributed by atoms with Crippen LogP contribution in [0.25, 0.3) is 5.69 Å². The van der Waals surface area contributed by atoms with E-state index in [-0.39, 0.29) is 18.4 Å². The Kier molecular flexibility index (Phi) is 5.82. The Morgan fingerprint density at radius 3 is 2.64 bits per heavy atom. The van der Waals surface area contributed by atoms with Gasteiger partial charge in [-0.3, -0.25) is 4.79 Å². The minimum atomic E-state index is -4.41. The molecule has 1 saturated carbocycles. The molecule has 1 aromatic carbocycles. The maximum atomic E-state index is 13.0. The highest BCUT2D eigenvalue weighted by atomic mass is 19.4. The molecule has 4 nitrogen and oxygen atoms in total. The minimum absolute atomic E-state index is 0.0615. The Balaban J connectivity index is 1.79. The first-order chi connectivity index (χ1) is 13.2. The highest BCUT2D eigenvalue weighted by molar-refractivity contribution is 5.79. The van der Waals surface area contributed by atoms with E-state index in [9.17, 15) is 18.0 Å². The number of aryl methyl sites for hydroxylation is 1. The fourth-order valence-corrected chi connectivity index (χ4v) is 3.95. The third-order valence-electron chi connectivity index (χ3n) is 5.65. The summed E-state index contributed by atoms with van der Waals surface area (Å²) >= 11 is 0. The van der Waals surface area contributed by atoms with Gasteiger partial charge in [0.05, 0.1) is 23.4 Å². The Labute approximate surface area is 163 Å². The van der Waals surface area contributed by atoms with Crippen molar-refractivity contribution in [3.63, 3.8) is 0 Å². The maximum Gasteiger partial charge on any atom is 0.416 e. The zero-order valence-corrected chi connectivity index (χ0v) is 16.4. The van der Waals surface area contributed by atoms with E-state index in [0.29, 0.717) is 23.0 Å². The second-order valence-electron chi connectivity index (χ2n) is 7.72. The van der Waals surface area contributed by atoms with Gasteiger partial charge in [0.1, 0.15) is 0 Å². The van der Waals surface area contributed by atoms with Crippen LogP contribution >= 0.6 is 0 Å². The number of rotatable bonds is 4. The largest absolute Gasteiger partial charge is 0.416 e. The first-order valence-corrected chi connectivity index (χ1v) is 9.69. The zero-order valence-electron chi connectivity index (χ0n) is 16.4. The number of aromatic nitrogens is 2. The number of hydrogen-bond donors (Lipinski definition) is 1. The molecule has 1 aliphatic carbocycles. The standard InChI is InChI=1S/C21H26F3N3O/c1-13-7-4-5-10-19(13)25-20(28)12-18-14(2)26-27(15(18)3)17-9-6-8-16(11-17)21(22,23)24/h6,8-9,11,13,19H,4-5,7,10,12H2,1-3H3,(H,25,28). The smallest absolute Gasteiger partial charge is 0.353 e. The van der Waals surface area contributed by atoms with Crippen molar-refractivity contribution in [2.24, 2.45) is 5.92 Å². The second-order valence-corrected chi connectivity index (χ2v) is 7.72. The lowest BCUT2D eigenvalue weighted by atomic mass is 9.86. The number of halogens is 3. The monoisotopic (exact) mass is 393 g/mol. The number of nitrogens with one attached hydrogen (secondary N) is 1. The first kappa shape index (κ1) is 20.4. The summed E-state index contributed by atoms with van der Waals surface area (Å²) in [5.74, 6) is 0.404. The Hall–Kier alpha value is -2.31. The van der Waals surface area contributed by atoms with Gasteiger partial charge >= 0.3 is 6.18 Å². The lowest BCUT2D eigenvalue weighted by molar-refractivity contribution is -0.137. The molecule has 1 N–H and O–H groups in total. The molecule has 1 heterocycles.